The van der Waals surface area contributed by atoms with E-state index in [1.807, 2.05) is 36.4 Å². The van der Waals surface area contributed by atoms with E-state index < -0.39 is 94.9 Å². The normalized spacial score (nSPS) is 25.7. The highest BCUT2D eigenvalue weighted by atomic mass is 35.5. The number of likely N-dealkylation sites (tertiary alicyclic amines) is 1. The molecule has 2 heterocycles. The number of carbonyl (C=O) groups excluding carboxylic acids is 6. The number of fused-ring (bicyclic) bond motifs is 5. The van der Waals surface area contributed by atoms with E-state index in [1.54, 1.807) is 113 Å². The van der Waals surface area contributed by atoms with Crippen LogP contribution < -0.4 is 5.73 Å². The summed E-state index contributed by atoms with van der Waals surface area (Å²) in [6.45, 7) is 13.1. The number of aliphatic hydroxyl groups is 2. The highest BCUT2D eigenvalue weighted by Crippen LogP contribution is 2.62. The molecular formula is C65H80ClFN2O16. The molecule has 7 unspecified atom stereocenters. The number of nitrogens with two attached hydrogens (primary N) is 1. The Morgan fingerprint density at radius 1 is 0.812 bits per heavy atom. The third-order valence-electron chi connectivity index (χ3n) is 16.8. The zero-order valence-corrected chi connectivity index (χ0v) is 50.0. The van der Waals surface area contributed by atoms with Crippen molar-refractivity contribution >= 4 is 53.3 Å². The first-order valence-electron chi connectivity index (χ1n) is 28.7. The molecule has 20 heteroatoms. The third-order valence-corrected chi connectivity index (χ3v) is 17.1. The van der Waals surface area contributed by atoms with E-state index in [4.69, 9.17) is 60.8 Å². The lowest BCUT2D eigenvalue weighted by molar-refractivity contribution is -0.246. The number of carboxylic acids is 1. The second-order valence-electron chi connectivity index (χ2n) is 23.0. The number of alkyl halides is 1. The van der Waals surface area contributed by atoms with Gasteiger partial charge in [0.2, 0.25) is 12.0 Å². The number of rotatable bonds is 15. The van der Waals surface area contributed by atoms with Crippen molar-refractivity contribution in [3.05, 3.63) is 154 Å². The molecule has 18 nitrogen and oxygen atoms in total. The maximum atomic E-state index is 15.4. The number of primary amides is 1. The smallest absolute Gasteiger partial charge is 0.481 e. The summed E-state index contributed by atoms with van der Waals surface area (Å²) >= 11 is 6.01. The van der Waals surface area contributed by atoms with Gasteiger partial charge in [0.15, 0.2) is 18.1 Å². The SMILES string of the molecule is CC(=O)O.CC(=O)OC1C(=O)[C@@]2(C)C(OC(=O)OCc3ccc(Cl)cc3)CC3OCC3[C@H]2CC2(O)C[C@H](OC(=O)[C@@H](Cc3ccccc3)OC(=O)C(F)CCN3CCCCC3)C(C)=C1C2(C)C.CC(O)c1ccccc1.NC(=O)c1ccccc1. The Bertz CT molecular complexity index is 2940. The van der Waals surface area contributed by atoms with Crippen molar-refractivity contribution < 1.29 is 81.7 Å². The maximum Gasteiger partial charge on any atom is 0.508 e. The highest BCUT2D eigenvalue weighted by Gasteiger charge is 2.69. The molecule has 2 aliphatic heterocycles. The quantitative estimate of drug-likeness (QED) is 0.0490. The van der Waals surface area contributed by atoms with Gasteiger partial charge in [-0.15, -0.1) is 0 Å². The molecule has 5 N–H and O–H groups in total. The fourth-order valence-electron chi connectivity index (χ4n) is 11.9. The number of halogens is 2. The molecule has 0 radical (unpaired) electrons. The third kappa shape index (κ3) is 17.6. The number of hydrogen-bond acceptors (Lipinski definition) is 16. The van der Waals surface area contributed by atoms with Crippen LogP contribution in [0.5, 0.6) is 0 Å². The lowest BCUT2D eigenvalue weighted by atomic mass is 9.47. The van der Waals surface area contributed by atoms with Crippen LogP contribution in [-0.4, -0.2) is 130 Å². The van der Waals surface area contributed by atoms with Crippen LogP contribution in [0.25, 0.3) is 0 Å². The van der Waals surface area contributed by atoms with Gasteiger partial charge < -0.3 is 54.4 Å². The predicted molar refractivity (Wildman–Crippen MR) is 312 cm³/mol. The summed E-state index contributed by atoms with van der Waals surface area (Å²) in [6, 6.07) is 33.9. The number of ether oxygens (including phenoxy) is 6. The number of esters is 3. The Kier molecular flexibility index (Phi) is 24.0. The number of carbonyl (C=O) groups is 7. The van der Waals surface area contributed by atoms with Gasteiger partial charge >= 0.3 is 24.1 Å². The molecule has 4 aromatic carbocycles. The monoisotopic (exact) mass is 1200 g/mol. The summed E-state index contributed by atoms with van der Waals surface area (Å²) in [6.07, 6.45) is -6.19. The van der Waals surface area contributed by atoms with E-state index in [0.29, 0.717) is 33.8 Å². The van der Waals surface area contributed by atoms with E-state index in [2.05, 4.69) is 4.90 Å². The number of benzene rings is 4. The Morgan fingerprint density at radius 2 is 1.40 bits per heavy atom. The van der Waals surface area contributed by atoms with Gasteiger partial charge in [-0.2, -0.15) is 0 Å². The molecule has 0 spiro atoms. The molecule has 4 aromatic rings. The van der Waals surface area contributed by atoms with Crippen molar-refractivity contribution in [3.63, 3.8) is 0 Å². The molecule has 3 aliphatic carbocycles. The fourth-order valence-corrected chi connectivity index (χ4v) is 12.0. The molecule has 4 fully saturated rings. The first-order chi connectivity index (χ1) is 40.2. The minimum atomic E-state index is -1.97. The molecule has 11 atom stereocenters. The van der Waals surface area contributed by atoms with Gasteiger partial charge in [-0.1, -0.05) is 123 Å². The van der Waals surface area contributed by atoms with Crippen LogP contribution in [0, 0.1) is 22.7 Å². The van der Waals surface area contributed by atoms with E-state index in [-0.39, 0.29) is 68.8 Å². The van der Waals surface area contributed by atoms with Gasteiger partial charge in [-0.25, -0.2) is 18.8 Å². The van der Waals surface area contributed by atoms with E-state index in [0.717, 1.165) is 44.8 Å². The lowest BCUT2D eigenvalue weighted by Crippen LogP contribution is -2.69. The van der Waals surface area contributed by atoms with Crippen LogP contribution in [0.15, 0.2) is 126 Å². The molecule has 2 saturated carbocycles. The van der Waals surface area contributed by atoms with Crippen molar-refractivity contribution in [2.45, 2.75) is 155 Å². The average Bonchev–Trinajstić information content (AvgIpc) is 0.954. The molecule has 5 aliphatic rings. The minimum absolute atomic E-state index is 0.00690. The number of ketones is 1. The van der Waals surface area contributed by atoms with E-state index >= 15 is 9.18 Å². The number of amides is 1. The van der Waals surface area contributed by atoms with Crippen LogP contribution in [0.2, 0.25) is 5.02 Å². The molecule has 0 aromatic heterocycles. The largest absolute Gasteiger partial charge is 0.508 e. The van der Waals surface area contributed by atoms with Gasteiger partial charge in [0.1, 0.15) is 18.8 Å². The summed E-state index contributed by atoms with van der Waals surface area (Å²) in [5, 5.41) is 30.1. The number of hydrogen-bond donors (Lipinski definition) is 4. The van der Waals surface area contributed by atoms with Gasteiger partial charge in [0.05, 0.1) is 29.8 Å². The first kappa shape index (κ1) is 67.1. The lowest BCUT2D eigenvalue weighted by Gasteiger charge is -2.62. The Morgan fingerprint density at radius 3 is 1.93 bits per heavy atom. The Labute approximate surface area is 501 Å². The van der Waals surface area contributed by atoms with Crippen LogP contribution in [0.4, 0.5) is 9.18 Å². The summed E-state index contributed by atoms with van der Waals surface area (Å²) in [5.74, 6) is -5.57. The predicted octanol–water partition coefficient (Wildman–Crippen LogP) is 9.68. The topological polar surface area (TPSA) is 265 Å². The second-order valence-corrected chi connectivity index (χ2v) is 23.4. The van der Waals surface area contributed by atoms with E-state index in [1.165, 1.54) is 6.92 Å². The van der Waals surface area contributed by atoms with Gasteiger partial charge in [0.25, 0.3) is 5.97 Å². The molecule has 1 amide bonds. The number of aliphatic carboxylic acids is 1. The van der Waals surface area contributed by atoms with Crippen molar-refractivity contribution in [1.82, 2.24) is 4.90 Å². The first-order valence-corrected chi connectivity index (χ1v) is 29.1. The number of nitrogens with zero attached hydrogens (tertiary/aromatic N) is 1. The molecule has 2 saturated heterocycles. The van der Waals surface area contributed by atoms with Crippen LogP contribution >= 0.6 is 11.6 Å². The van der Waals surface area contributed by atoms with Crippen molar-refractivity contribution in [3.8, 4) is 0 Å². The molecular weight excluding hydrogens is 1120 g/mol. The van der Waals surface area contributed by atoms with Gasteiger partial charge in [-0.05, 0) is 111 Å². The zero-order valence-electron chi connectivity index (χ0n) is 49.3. The van der Waals surface area contributed by atoms with Crippen molar-refractivity contribution in [2.75, 3.05) is 26.2 Å². The standard InChI is InChI=1S/C48H59ClFNO12.C8H10O.C7H7NO.C2H4O2/c1-28-38(62-44(55)37(22-30-12-8-6-9-13-30)61-43(54)35(50)18-21-51-19-10-7-11-20-51)25-48(57)24-34-33-27-58-36(33)23-39(63-45(56)59-26-31-14-16-32(49)17-15-31)47(34,5)42(53)41(60-29(2)52)40(28)46(48,3)4;1-7(9)8-5-3-2-4-6-8;8-7(9)6-4-2-1-3-5-6;1-2(3)4/h6,8-9,12-17,33-39,41,57H,7,10-11,18-27H2,1-5H3;2-7,9H,1H3;1-5H,(H2,8,9);1H3,(H,3,4)/t33?,34-,35?,36?,37-,38+,39?,41?,47-,48?;;;/m1.../s1. The Balaban J connectivity index is 0.000000438. The summed E-state index contributed by atoms with van der Waals surface area (Å²) in [5.41, 5.74) is 3.95. The molecule has 2 bridgehead atoms. The number of carboxylic acid groups (broad SMARTS) is 1. The summed E-state index contributed by atoms with van der Waals surface area (Å²) < 4.78 is 50.6. The molecule has 85 heavy (non-hydrogen) atoms. The summed E-state index contributed by atoms with van der Waals surface area (Å²) in [4.78, 5) is 90.8. The van der Waals surface area contributed by atoms with E-state index in [9.17, 15) is 29.1 Å². The van der Waals surface area contributed by atoms with Gasteiger partial charge in [0, 0.05) is 68.0 Å². The number of piperidine rings is 1. The van der Waals surface area contributed by atoms with Crippen LogP contribution in [0.3, 0.4) is 0 Å². The molecule has 460 valence electrons. The number of Topliss-reactive ketones (excluding diaryl/α,β-unsaturated/α-hetero) is 1. The van der Waals surface area contributed by atoms with Gasteiger partial charge in [-0.3, -0.25) is 19.2 Å². The minimum Gasteiger partial charge on any atom is -0.481 e. The van der Waals surface area contributed by atoms with Crippen molar-refractivity contribution in [1.29, 1.82) is 0 Å². The zero-order chi connectivity index (χ0) is 62.2. The van der Waals surface area contributed by atoms with Crippen LogP contribution in [-0.2, 0) is 65.4 Å². The average molecular weight is 1200 g/mol. The van der Waals surface area contributed by atoms with Crippen LogP contribution in [0.1, 0.15) is 127 Å². The summed E-state index contributed by atoms with van der Waals surface area (Å²) in [7, 11) is 0. The maximum absolute atomic E-state index is 15.4. The number of aliphatic hydroxyl groups excluding tert-OH is 1. The fraction of sp³-hybridized carbons (Fsp3) is 0.492. The van der Waals surface area contributed by atoms with Crippen molar-refractivity contribution in [2.24, 2.45) is 28.4 Å². The second kappa shape index (κ2) is 30.4. The molecule has 9 rings (SSSR count). The highest BCUT2D eigenvalue weighted by molar-refractivity contribution is 6.30. The Hall–Kier alpha value is -7.03.